The molecule has 0 fully saturated rings. The molecular formula is C14H17BrN2O. The monoisotopic (exact) mass is 308 g/mol. The minimum Gasteiger partial charge on any atom is -0.342 e. The first kappa shape index (κ1) is 13.1. The molecule has 0 aliphatic heterocycles. The summed E-state index contributed by atoms with van der Waals surface area (Å²) in [5.41, 5.74) is 1.09. The molecule has 18 heavy (non-hydrogen) atoms. The summed E-state index contributed by atoms with van der Waals surface area (Å²) < 4.78 is 3.03. The fraction of sp³-hybridized carbons (Fsp3) is 0.357. The van der Waals surface area contributed by atoms with Gasteiger partial charge in [-0.1, -0.05) is 22.0 Å². The standard InChI is InChI=1S/C14H17BrN2O/c1-3-16(4-2)14(18)10-17-8-7-11-5-6-12(15)9-13(11)17/h5-9H,3-4,10H2,1-2H3. The van der Waals surface area contributed by atoms with Crippen molar-refractivity contribution in [1.29, 1.82) is 0 Å². The van der Waals surface area contributed by atoms with Crippen LogP contribution < -0.4 is 0 Å². The lowest BCUT2D eigenvalue weighted by atomic mass is 10.2. The summed E-state index contributed by atoms with van der Waals surface area (Å²) in [5, 5.41) is 1.16. The van der Waals surface area contributed by atoms with Gasteiger partial charge in [-0.2, -0.15) is 0 Å². The lowest BCUT2D eigenvalue weighted by Gasteiger charge is -2.19. The highest BCUT2D eigenvalue weighted by molar-refractivity contribution is 9.10. The number of fused-ring (bicyclic) bond motifs is 1. The molecule has 0 unspecified atom stereocenters. The van der Waals surface area contributed by atoms with E-state index in [0.29, 0.717) is 6.54 Å². The van der Waals surface area contributed by atoms with E-state index in [-0.39, 0.29) is 5.91 Å². The Morgan fingerprint density at radius 3 is 2.67 bits per heavy atom. The van der Waals surface area contributed by atoms with Crippen LogP contribution in [-0.4, -0.2) is 28.5 Å². The molecule has 96 valence electrons. The lowest BCUT2D eigenvalue weighted by molar-refractivity contribution is -0.131. The second kappa shape index (κ2) is 5.57. The van der Waals surface area contributed by atoms with Crippen LogP contribution in [0.5, 0.6) is 0 Å². The van der Waals surface area contributed by atoms with Crippen molar-refractivity contribution in [1.82, 2.24) is 9.47 Å². The molecule has 1 heterocycles. The quantitative estimate of drug-likeness (QED) is 0.851. The number of nitrogens with zero attached hydrogens (tertiary/aromatic N) is 2. The smallest absolute Gasteiger partial charge is 0.242 e. The minimum atomic E-state index is 0.164. The van der Waals surface area contributed by atoms with Gasteiger partial charge in [-0.15, -0.1) is 0 Å². The van der Waals surface area contributed by atoms with Gasteiger partial charge in [-0.25, -0.2) is 0 Å². The number of likely N-dealkylation sites (N-methyl/N-ethyl adjacent to an activating group) is 1. The van der Waals surface area contributed by atoms with E-state index in [2.05, 4.69) is 22.0 Å². The molecule has 2 rings (SSSR count). The second-order valence-corrected chi connectivity index (χ2v) is 5.13. The second-order valence-electron chi connectivity index (χ2n) is 4.21. The normalized spacial score (nSPS) is 10.8. The summed E-state index contributed by atoms with van der Waals surface area (Å²) in [6.07, 6.45) is 1.97. The topological polar surface area (TPSA) is 25.2 Å². The number of benzene rings is 1. The molecule has 0 spiro atoms. The highest BCUT2D eigenvalue weighted by Gasteiger charge is 2.11. The van der Waals surface area contributed by atoms with Crippen molar-refractivity contribution in [2.45, 2.75) is 20.4 Å². The van der Waals surface area contributed by atoms with Gasteiger partial charge in [0.15, 0.2) is 0 Å². The molecule has 1 aromatic heterocycles. The predicted octanol–water partition coefficient (Wildman–Crippen LogP) is 3.27. The van der Waals surface area contributed by atoms with Crippen LogP contribution in [0, 0.1) is 0 Å². The number of rotatable bonds is 4. The largest absolute Gasteiger partial charge is 0.342 e. The number of carbonyl (C=O) groups excluding carboxylic acids is 1. The first-order chi connectivity index (χ1) is 8.65. The SMILES string of the molecule is CCN(CC)C(=O)Cn1ccc2ccc(Br)cc21. The Labute approximate surface area is 116 Å². The van der Waals surface area contributed by atoms with Gasteiger partial charge >= 0.3 is 0 Å². The maximum atomic E-state index is 12.1. The van der Waals surface area contributed by atoms with Gasteiger partial charge in [-0.05, 0) is 37.4 Å². The molecule has 2 aromatic rings. The number of hydrogen-bond acceptors (Lipinski definition) is 1. The highest BCUT2D eigenvalue weighted by atomic mass is 79.9. The maximum absolute atomic E-state index is 12.1. The Morgan fingerprint density at radius 2 is 2.00 bits per heavy atom. The van der Waals surface area contributed by atoms with Crippen LogP contribution in [0.1, 0.15) is 13.8 Å². The number of amides is 1. The van der Waals surface area contributed by atoms with Gasteiger partial charge in [0.2, 0.25) is 5.91 Å². The summed E-state index contributed by atoms with van der Waals surface area (Å²) in [7, 11) is 0. The Balaban J connectivity index is 2.26. The Bertz CT molecular complexity index is 558. The Hall–Kier alpha value is -1.29. The first-order valence-electron chi connectivity index (χ1n) is 6.18. The molecule has 1 amide bonds. The van der Waals surface area contributed by atoms with E-state index >= 15 is 0 Å². The predicted molar refractivity (Wildman–Crippen MR) is 77.6 cm³/mol. The molecule has 0 bridgehead atoms. The van der Waals surface area contributed by atoms with Crippen molar-refractivity contribution in [3.05, 3.63) is 34.9 Å². The molecule has 3 nitrogen and oxygen atoms in total. The molecule has 0 radical (unpaired) electrons. The highest BCUT2D eigenvalue weighted by Crippen LogP contribution is 2.21. The molecular weight excluding hydrogens is 292 g/mol. The molecule has 0 N–H and O–H groups in total. The number of carbonyl (C=O) groups is 1. The Morgan fingerprint density at radius 1 is 1.28 bits per heavy atom. The Kier molecular flexibility index (Phi) is 4.07. The van der Waals surface area contributed by atoms with Crippen LogP contribution in [0.25, 0.3) is 10.9 Å². The van der Waals surface area contributed by atoms with Gasteiger partial charge in [0.1, 0.15) is 6.54 Å². The van der Waals surface area contributed by atoms with E-state index in [9.17, 15) is 4.79 Å². The summed E-state index contributed by atoms with van der Waals surface area (Å²) in [6, 6.07) is 8.15. The van der Waals surface area contributed by atoms with E-state index in [1.807, 2.05) is 47.7 Å². The first-order valence-corrected chi connectivity index (χ1v) is 6.97. The van der Waals surface area contributed by atoms with Crippen molar-refractivity contribution in [3.8, 4) is 0 Å². The maximum Gasteiger partial charge on any atom is 0.242 e. The van der Waals surface area contributed by atoms with Crippen molar-refractivity contribution in [2.75, 3.05) is 13.1 Å². The molecule has 0 atom stereocenters. The van der Waals surface area contributed by atoms with E-state index in [1.54, 1.807) is 0 Å². The van der Waals surface area contributed by atoms with Gasteiger partial charge in [0.25, 0.3) is 0 Å². The fourth-order valence-electron chi connectivity index (χ4n) is 2.12. The lowest BCUT2D eigenvalue weighted by Crippen LogP contribution is -2.33. The third kappa shape index (κ3) is 2.58. The van der Waals surface area contributed by atoms with Gasteiger partial charge in [0.05, 0.1) is 0 Å². The van der Waals surface area contributed by atoms with Gasteiger partial charge < -0.3 is 9.47 Å². The van der Waals surface area contributed by atoms with Crippen LogP contribution in [0.2, 0.25) is 0 Å². The average Bonchev–Trinajstić information content (AvgIpc) is 2.73. The third-order valence-electron chi connectivity index (χ3n) is 3.16. The summed E-state index contributed by atoms with van der Waals surface area (Å²) >= 11 is 3.47. The van der Waals surface area contributed by atoms with Gasteiger partial charge in [0, 0.05) is 29.3 Å². The summed E-state index contributed by atoms with van der Waals surface area (Å²) in [4.78, 5) is 13.9. The number of aromatic nitrogens is 1. The zero-order chi connectivity index (χ0) is 13.1. The van der Waals surface area contributed by atoms with Crippen LogP contribution in [0.15, 0.2) is 34.9 Å². The van der Waals surface area contributed by atoms with Crippen LogP contribution in [0.3, 0.4) is 0 Å². The van der Waals surface area contributed by atoms with Crippen molar-refractivity contribution >= 4 is 32.7 Å². The van der Waals surface area contributed by atoms with E-state index in [0.717, 1.165) is 28.5 Å². The summed E-state index contributed by atoms with van der Waals surface area (Å²) in [6.45, 7) is 5.94. The molecule has 0 aliphatic carbocycles. The minimum absolute atomic E-state index is 0.164. The van der Waals surface area contributed by atoms with Crippen LogP contribution >= 0.6 is 15.9 Å². The zero-order valence-electron chi connectivity index (χ0n) is 10.7. The number of hydrogen-bond donors (Lipinski definition) is 0. The average molecular weight is 309 g/mol. The van der Waals surface area contributed by atoms with Gasteiger partial charge in [-0.3, -0.25) is 4.79 Å². The molecule has 0 aliphatic rings. The number of halogens is 1. The molecule has 0 saturated carbocycles. The van der Waals surface area contributed by atoms with Crippen molar-refractivity contribution in [3.63, 3.8) is 0 Å². The van der Waals surface area contributed by atoms with Crippen LogP contribution in [-0.2, 0) is 11.3 Å². The third-order valence-corrected chi connectivity index (χ3v) is 3.65. The van der Waals surface area contributed by atoms with Crippen LogP contribution in [0.4, 0.5) is 0 Å². The molecule has 1 aromatic carbocycles. The van der Waals surface area contributed by atoms with E-state index < -0.39 is 0 Å². The van der Waals surface area contributed by atoms with E-state index in [1.165, 1.54) is 0 Å². The zero-order valence-corrected chi connectivity index (χ0v) is 12.3. The summed E-state index contributed by atoms with van der Waals surface area (Å²) in [5.74, 6) is 0.164. The molecule has 4 heteroatoms. The molecule has 0 saturated heterocycles. The van der Waals surface area contributed by atoms with E-state index in [4.69, 9.17) is 0 Å². The van der Waals surface area contributed by atoms with Crippen molar-refractivity contribution < 1.29 is 4.79 Å². The fourth-order valence-corrected chi connectivity index (χ4v) is 2.47. The van der Waals surface area contributed by atoms with Crippen molar-refractivity contribution in [2.24, 2.45) is 0 Å².